The lowest BCUT2D eigenvalue weighted by molar-refractivity contribution is -0.138. The number of ether oxygens (including phenoxy) is 2. The van der Waals surface area contributed by atoms with Crippen molar-refractivity contribution < 1.29 is 19.1 Å². The SMILES string of the molecule is COc1ccc(CCN2C(=O)C(c3ccccc3)=C(N3CC(C)OC(C)C3)C2=O)cc1. The minimum Gasteiger partial charge on any atom is -0.497 e. The van der Waals surface area contributed by atoms with E-state index in [0.29, 0.717) is 37.3 Å². The third-order valence-electron chi connectivity index (χ3n) is 5.72. The van der Waals surface area contributed by atoms with Crippen molar-refractivity contribution in [1.82, 2.24) is 9.80 Å². The van der Waals surface area contributed by atoms with Crippen LogP contribution in [0.3, 0.4) is 0 Å². The predicted molar refractivity (Wildman–Crippen MR) is 118 cm³/mol. The molecule has 2 aliphatic rings. The zero-order valence-corrected chi connectivity index (χ0v) is 18.2. The Morgan fingerprint density at radius 1 is 0.935 bits per heavy atom. The normalized spacial score (nSPS) is 21.8. The van der Waals surface area contributed by atoms with Gasteiger partial charge in [0.15, 0.2) is 0 Å². The first-order valence-electron chi connectivity index (χ1n) is 10.7. The van der Waals surface area contributed by atoms with Crippen molar-refractivity contribution in [2.75, 3.05) is 26.7 Å². The zero-order valence-electron chi connectivity index (χ0n) is 18.2. The van der Waals surface area contributed by atoms with E-state index < -0.39 is 0 Å². The summed E-state index contributed by atoms with van der Waals surface area (Å²) in [6.07, 6.45) is 0.571. The molecule has 0 saturated carbocycles. The third-order valence-corrected chi connectivity index (χ3v) is 5.72. The molecule has 0 spiro atoms. The number of morpholine rings is 1. The highest BCUT2D eigenvalue weighted by Crippen LogP contribution is 2.33. The maximum atomic E-state index is 13.5. The maximum Gasteiger partial charge on any atom is 0.277 e. The number of benzene rings is 2. The first kappa shape index (κ1) is 21.1. The van der Waals surface area contributed by atoms with E-state index in [1.165, 1.54) is 4.90 Å². The minimum absolute atomic E-state index is 0.00970. The Balaban J connectivity index is 1.62. The van der Waals surface area contributed by atoms with Gasteiger partial charge in [0.25, 0.3) is 11.8 Å². The highest BCUT2D eigenvalue weighted by atomic mass is 16.5. The number of carbonyl (C=O) groups is 2. The van der Waals surface area contributed by atoms with E-state index in [4.69, 9.17) is 9.47 Å². The Kier molecular flexibility index (Phi) is 6.09. The van der Waals surface area contributed by atoms with Gasteiger partial charge < -0.3 is 14.4 Å². The number of carbonyl (C=O) groups excluding carboxylic acids is 2. The summed E-state index contributed by atoms with van der Waals surface area (Å²) in [5, 5.41) is 0. The third kappa shape index (κ3) is 4.35. The highest BCUT2D eigenvalue weighted by molar-refractivity contribution is 6.35. The van der Waals surface area contributed by atoms with E-state index in [0.717, 1.165) is 16.9 Å². The number of hydrogen-bond donors (Lipinski definition) is 0. The number of methoxy groups -OCH3 is 1. The van der Waals surface area contributed by atoms with Crippen LogP contribution in [0.15, 0.2) is 60.3 Å². The van der Waals surface area contributed by atoms with Crippen molar-refractivity contribution in [3.63, 3.8) is 0 Å². The van der Waals surface area contributed by atoms with Gasteiger partial charge in [0, 0.05) is 19.6 Å². The van der Waals surface area contributed by atoms with Crippen LogP contribution in [0.1, 0.15) is 25.0 Å². The van der Waals surface area contributed by atoms with Crippen LogP contribution >= 0.6 is 0 Å². The van der Waals surface area contributed by atoms with Crippen LogP contribution in [0.2, 0.25) is 0 Å². The lowest BCUT2D eigenvalue weighted by Crippen LogP contribution is -2.47. The summed E-state index contributed by atoms with van der Waals surface area (Å²) in [7, 11) is 1.63. The summed E-state index contributed by atoms with van der Waals surface area (Å²) >= 11 is 0. The first-order chi connectivity index (χ1) is 15.0. The summed E-state index contributed by atoms with van der Waals surface area (Å²) in [6, 6.07) is 17.2. The molecule has 2 aromatic carbocycles. The summed E-state index contributed by atoms with van der Waals surface area (Å²) < 4.78 is 11.0. The van der Waals surface area contributed by atoms with Crippen LogP contribution in [-0.2, 0) is 20.7 Å². The second kappa shape index (κ2) is 8.94. The van der Waals surface area contributed by atoms with E-state index in [2.05, 4.69) is 0 Å². The largest absolute Gasteiger partial charge is 0.497 e. The molecule has 2 heterocycles. The van der Waals surface area contributed by atoms with E-state index >= 15 is 0 Å². The summed E-state index contributed by atoms with van der Waals surface area (Å²) in [6.45, 7) is 5.49. The summed E-state index contributed by atoms with van der Waals surface area (Å²) in [4.78, 5) is 30.3. The second-order valence-electron chi connectivity index (χ2n) is 8.11. The number of nitrogens with zero attached hydrogens (tertiary/aromatic N) is 2. The Labute approximate surface area is 183 Å². The summed E-state index contributed by atoms with van der Waals surface area (Å²) in [5.74, 6) is 0.327. The van der Waals surface area contributed by atoms with Crippen LogP contribution in [0, 0.1) is 0 Å². The zero-order chi connectivity index (χ0) is 22.0. The molecule has 2 aliphatic heterocycles. The van der Waals surface area contributed by atoms with Crippen LogP contribution < -0.4 is 4.74 Å². The van der Waals surface area contributed by atoms with Crippen molar-refractivity contribution in [2.24, 2.45) is 0 Å². The molecule has 162 valence electrons. The molecule has 1 fully saturated rings. The van der Waals surface area contributed by atoms with Crippen LogP contribution in [0.25, 0.3) is 5.57 Å². The average molecular weight is 421 g/mol. The van der Waals surface area contributed by atoms with E-state index in [1.807, 2.05) is 73.3 Å². The molecule has 0 N–H and O–H groups in total. The van der Waals surface area contributed by atoms with Gasteiger partial charge in [-0.05, 0) is 43.5 Å². The van der Waals surface area contributed by atoms with E-state index in [1.54, 1.807) is 7.11 Å². The molecule has 31 heavy (non-hydrogen) atoms. The number of amides is 2. The van der Waals surface area contributed by atoms with Crippen LogP contribution in [0.4, 0.5) is 0 Å². The standard InChI is InChI=1S/C25H28N2O4/c1-17-15-26(16-18(2)31-17)23-22(20-7-5-4-6-8-20)24(28)27(25(23)29)14-13-19-9-11-21(30-3)12-10-19/h4-12,17-18H,13-16H2,1-3H3. The second-order valence-corrected chi connectivity index (χ2v) is 8.11. The Morgan fingerprint density at radius 3 is 2.19 bits per heavy atom. The van der Waals surface area contributed by atoms with E-state index in [-0.39, 0.29) is 24.0 Å². The molecule has 2 aromatic rings. The molecule has 6 nitrogen and oxygen atoms in total. The highest BCUT2D eigenvalue weighted by Gasteiger charge is 2.42. The van der Waals surface area contributed by atoms with Crippen LogP contribution in [0.5, 0.6) is 5.75 Å². The van der Waals surface area contributed by atoms with Crippen molar-refractivity contribution in [3.8, 4) is 5.75 Å². The van der Waals surface area contributed by atoms with Crippen LogP contribution in [-0.4, -0.2) is 60.6 Å². The van der Waals surface area contributed by atoms with Gasteiger partial charge in [-0.2, -0.15) is 0 Å². The fraction of sp³-hybridized carbons (Fsp3) is 0.360. The molecule has 0 bridgehead atoms. The Bertz CT molecular complexity index is 974. The van der Waals surface area contributed by atoms with Gasteiger partial charge in [0.05, 0.1) is 24.9 Å². The predicted octanol–water partition coefficient (Wildman–Crippen LogP) is 3.13. The van der Waals surface area contributed by atoms with Gasteiger partial charge in [-0.1, -0.05) is 42.5 Å². The molecule has 6 heteroatoms. The molecule has 2 amide bonds. The Hall–Kier alpha value is -3.12. The van der Waals surface area contributed by atoms with Gasteiger partial charge in [0.2, 0.25) is 0 Å². The molecule has 4 rings (SSSR count). The molecular weight excluding hydrogens is 392 g/mol. The average Bonchev–Trinajstić information content (AvgIpc) is 3.02. The van der Waals surface area contributed by atoms with Gasteiger partial charge in [-0.3, -0.25) is 14.5 Å². The quantitative estimate of drug-likeness (QED) is 0.672. The molecular formula is C25H28N2O4. The number of hydrogen-bond acceptors (Lipinski definition) is 5. The maximum absolute atomic E-state index is 13.5. The summed E-state index contributed by atoms with van der Waals surface area (Å²) in [5.41, 5.74) is 2.80. The minimum atomic E-state index is -0.230. The van der Waals surface area contributed by atoms with Gasteiger partial charge in [0.1, 0.15) is 11.4 Å². The van der Waals surface area contributed by atoms with Crippen molar-refractivity contribution in [3.05, 3.63) is 71.4 Å². The lowest BCUT2D eigenvalue weighted by atomic mass is 10.0. The molecule has 0 aliphatic carbocycles. The monoisotopic (exact) mass is 420 g/mol. The molecule has 2 atom stereocenters. The van der Waals surface area contributed by atoms with Crippen molar-refractivity contribution in [1.29, 1.82) is 0 Å². The van der Waals surface area contributed by atoms with Gasteiger partial charge in [-0.15, -0.1) is 0 Å². The number of rotatable bonds is 6. The smallest absolute Gasteiger partial charge is 0.277 e. The fourth-order valence-electron chi connectivity index (χ4n) is 4.32. The van der Waals surface area contributed by atoms with Gasteiger partial charge in [-0.25, -0.2) is 0 Å². The number of imide groups is 1. The molecule has 0 radical (unpaired) electrons. The molecule has 2 unspecified atom stereocenters. The molecule has 1 saturated heterocycles. The molecule has 0 aromatic heterocycles. The van der Waals surface area contributed by atoms with Crippen molar-refractivity contribution in [2.45, 2.75) is 32.5 Å². The fourth-order valence-corrected chi connectivity index (χ4v) is 4.32. The van der Waals surface area contributed by atoms with E-state index in [9.17, 15) is 9.59 Å². The lowest BCUT2D eigenvalue weighted by Gasteiger charge is -2.37. The first-order valence-corrected chi connectivity index (χ1v) is 10.7. The van der Waals surface area contributed by atoms with Crippen molar-refractivity contribution >= 4 is 17.4 Å². The Morgan fingerprint density at radius 2 is 1.58 bits per heavy atom. The van der Waals surface area contributed by atoms with Gasteiger partial charge >= 0.3 is 0 Å². The topological polar surface area (TPSA) is 59.1 Å².